The molecular weight excluding hydrogens is 132 g/mol. The highest BCUT2D eigenvalue weighted by molar-refractivity contribution is 4.76. The molecule has 0 saturated heterocycles. The third-order valence-corrected chi connectivity index (χ3v) is 0.910. The molecule has 0 aliphatic rings. The molecule has 0 spiro atoms. The zero-order chi connectivity index (χ0) is 13.2. The Balaban J connectivity index is 5.63. The van der Waals surface area contributed by atoms with Gasteiger partial charge in [-0.15, -0.1) is 0 Å². The van der Waals surface area contributed by atoms with E-state index in [-0.39, 0.29) is 0 Å². The van der Waals surface area contributed by atoms with E-state index in [4.69, 9.17) is 13.5 Å². The lowest BCUT2D eigenvalue weighted by atomic mass is 10.0. The summed E-state index contributed by atoms with van der Waals surface area (Å²) in [5.41, 5.74) is -3.07. The summed E-state index contributed by atoms with van der Waals surface area (Å²) in [6.07, 6.45) is -1.33. The van der Waals surface area contributed by atoms with E-state index in [1.54, 1.807) is 0 Å². The van der Waals surface area contributed by atoms with E-state index in [0.29, 0.717) is 0 Å². The average Bonchev–Trinajstić information content (AvgIpc) is 1.99. The van der Waals surface area contributed by atoms with Crippen LogP contribution in [0.4, 0.5) is 0 Å². The third-order valence-electron chi connectivity index (χ3n) is 0.910. The second-order valence-corrected chi connectivity index (χ2v) is 1.78. The molecule has 4 nitrogen and oxygen atoms in total. The maximum Gasteiger partial charge on any atom is 0.217 e. The van der Waals surface area contributed by atoms with Crippen molar-refractivity contribution in [1.82, 2.24) is 0 Å². The first-order valence-electron chi connectivity index (χ1n) is 5.52. The van der Waals surface area contributed by atoms with Crippen molar-refractivity contribution < 1.29 is 13.1 Å². The summed E-state index contributed by atoms with van der Waals surface area (Å²) in [6.45, 7) is -6.59. The van der Waals surface area contributed by atoms with Gasteiger partial charge in [-0.1, -0.05) is 0 Å². The van der Waals surface area contributed by atoms with Gasteiger partial charge in [0, 0.05) is 39.7 Å². The minimum absolute atomic E-state index is 0.502. The lowest BCUT2D eigenvalue weighted by Gasteiger charge is -2.12. The SMILES string of the molecule is [2H]C([2H])([2H])C(CCC#N)([N+](=O)[O-])C([2H])([2H])[2H]. The summed E-state index contributed by atoms with van der Waals surface area (Å²) < 4.78 is 42.1. The number of rotatable bonds is 3. The van der Waals surface area contributed by atoms with Gasteiger partial charge in [0.25, 0.3) is 0 Å². The summed E-state index contributed by atoms with van der Waals surface area (Å²) in [7, 11) is 0. The molecule has 0 atom stereocenters. The van der Waals surface area contributed by atoms with Crippen molar-refractivity contribution in [2.45, 2.75) is 32.1 Å². The summed E-state index contributed by atoms with van der Waals surface area (Å²) in [4.78, 5) is 9.48. The molecule has 0 bridgehead atoms. The molecule has 4 heteroatoms. The Morgan fingerprint density at radius 3 is 2.80 bits per heavy atom. The first-order chi connectivity index (χ1) is 7.00. The second-order valence-electron chi connectivity index (χ2n) is 1.78. The third kappa shape index (κ3) is 2.44. The van der Waals surface area contributed by atoms with Gasteiger partial charge in [0.1, 0.15) is 0 Å². The van der Waals surface area contributed by atoms with Gasteiger partial charge in [-0.05, 0) is 0 Å². The van der Waals surface area contributed by atoms with Gasteiger partial charge >= 0.3 is 0 Å². The summed E-state index contributed by atoms with van der Waals surface area (Å²) >= 11 is 0. The van der Waals surface area contributed by atoms with Crippen molar-refractivity contribution in [3.63, 3.8) is 0 Å². The van der Waals surface area contributed by atoms with Gasteiger partial charge < -0.3 is 0 Å². The molecule has 0 saturated carbocycles. The van der Waals surface area contributed by atoms with Gasteiger partial charge in [-0.3, -0.25) is 10.1 Å². The van der Waals surface area contributed by atoms with E-state index in [0.717, 1.165) is 0 Å². The molecule has 0 amide bonds. The van der Waals surface area contributed by atoms with E-state index >= 15 is 0 Å². The highest BCUT2D eigenvalue weighted by Crippen LogP contribution is 2.14. The van der Waals surface area contributed by atoms with E-state index in [2.05, 4.69) is 0 Å². The monoisotopic (exact) mass is 148 g/mol. The Bertz CT molecular complexity index is 300. The lowest BCUT2D eigenvalue weighted by molar-refractivity contribution is -0.561. The highest BCUT2D eigenvalue weighted by Gasteiger charge is 2.29. The van der Waals surface area contributed by atoms with Crippen LogP contribution in [0.1, 0.15) is 34.8 Å². The maximum absolute atomic E-state index is 10.8. The minimum atomic E-state index is -3.29. The molecule has 0 aromatic heterocycles. The van der Waals surface area contributed by atoms with E-state index in [1.807, 2.05) is 0 Å². The first-order valence-corrected chi connectivity index (χ1v) is 2.52. The molecule has 0 rings (SSSR count). The zero-order valence-electron chi connectivity index (χ0n) is 11.1. The lowest BCUT2D eigenvalue weighted by Crippen LogP contribution is -2.30. The van der Waals surface area contributed by atoms with E-state index < -0.39 is 37.0 Å². The molecule has 0 aliphatic heterocycles. The highest BCUT2D eigenvalue weighted by atomic mass is 16.6. The molecule has 0 radical (unpaired) electrons. The molecule has 0 N–H and O–H groups in total. The molecule has 56 valence electrons. The van der Waals surface area contributed by atoms with Crippen LogP contribution in [0.25, 0.3) is 0 Å². The van der Waals surface area contributed by atoms with Crippen LogP contribution < -0.4 is 0 Å². The number of nitrogens with zero attached hydrogens (tertiary/aromatic N) is 2. The average molecular weight is 148 g/mol. The maximum atomic E-state index is 10.8. The van der Waals surface area contributed by atoms with Crippen LogP contribution in [-0.4, -0.2) is 10.5 Å². The van der Waals surface area contributed by atoms with Gasteiger partial charge in [-0.25, -0.2) is 0 Å². The molecule has 0 heterocycles. The van der Waals surface area contributed by atoms with Crippen molar-refractivity contribution in [3.8, 4) is 6.07 Å². The van der Waals surface area contributed by atoms with Gasteiger partial charge in [-0.2, -0.15) is 5.26 Å². The van der Waals surface area contributed by atoms with Crippen LogP contribution in [0.15, 0.2) is 0 Å². The van der Waals surface area contributed by atoms with Crippen molar-refractivity contribution >= 4 is 0 Å². The smallest absolute Gasteiger partial charge is 0.217 e. The van der Waals surface area contributed by atoms with Crippen LogP contribution in [-0.2, 0) is 0 Å². The van der Waals surface area contributed by atoms with Crippen molar-refractivity contribution in [3.05, 3.63) is 10.1 Å². The van der Waals surface area contributed by atoms with E-state index in [9.17, 15) is 10.1 Å². The topological polar surface area (TPSA) is 66.9 Å². The Hall–Kier alpha value is -1.11. The van der Waals surface area contributed by atoms with Gasteiger partial charge in [0.15, 0.2) is 0 Å². The largest absolute Gasteiger partial charge is 0.264 e. The molecule has 10 heavy (non-hydrogen) atoms. The number of nitriles is 1. The van der Waals surface area contributed by atoms with Crippen LogP contribution in [0.5, 0.6) is 0 Å². The number of hydrogen-bond donors (Lipinski definition) is 0. The molecular formula is C6H10N2O2. The summed E-state index contributed by atoms with van der Waals surface area (Å²) in [5.74, 6) is 0. The van der Waals surface area contributed by atoms with Crippen molar-refractivity contribution in [2.24, 2.45) is 0 Å². The van der Waals surface area contributed by atoms with Gasteiger partial charge in [0.2, 0.25) is 5.54 Å². The Morgan fingerprint density at radius 2 is 2.50 bits per heavy atom. The van der Waals surface area contributed by atoms with Crippen LogP contribution in [0.2, 0.25) is 0 Å². The second kappa shape index (κ2) is 3.16. The Labute approximate surface area is 68.0 Å². The first kappa shape index (κ1) is 2.87. The van der Waals surface area contributed by atoms with E-state index in [1.165, 1.54) is 6.07 Å². The van der Waals surface area contributed by atoms with Gasteiger partial charge in [0.05, 0.1) is 6.07 Å². The summed E-state index contributed by atoms with van der Waals surface area (Å²) in [5, 5.41) is 19.1. The zero-order valence-corrected chi connectivity index (χ0v) is 5.13. The standard InChI is InChI=1S/C6H10N2O2/c1-6(2,8(9)10)4-3-5-7/h3-4H2,1-2H3/i1D3,2D3. The fraction of sp³-hybridized carbons (Fsp3) is 0.833. The molecule has 0 aromatic carbocycles. The number of nitro groups is 1. The van der Waals surface area contributed by atoms with Crippen molar-refractivity contribution in [1.29, 1.82) is 5.26 Å². The molecule has 0 aromatic rings. The fourth-order valence-corrected chi connectivity index (χ4v) is 0.328. The predicted molar refractivity (Wildman–Crippen MR) is 35.9 cm³/mol. The molecule has 0 fully saturated rings. The number of hydrogen-bond acceptors (Lipinski definition) is 3. The van der Waals surface area contributed by atoms with Crippen molar-refractivity contribution in [2.75, 3.05) is 0 Å². The Kier molecular flexibility index (Phi) is 0.906. The van der Waals surface area contributed by atoms with Crippen LogP contribution in [0, 0.1) is 21.4 Å². The minimum Gasteiger partial charge on any atom is -0.264 e. The van der Waals surface area contributed by atoms with Crippen LogP contribution in [0.3, 0.4) is 0 Å². The normalized spacial score (nSPS) is 21.9. The quantitative estimate of drug-likeness (QED) is 0.448. The Morgan fingerprint density at radius 1 is 1.90 bits per heavy atom. The molecule has 0 unspecified atom stereocenters. The molecule has 0 aliphatic carbocycles. The fourth-order valence-electron chi connectivity index (χ4n) is 0.328. The predicted octanol–water partition coefficient (Wildman–Crippen LogP) is 1.35. The summed E-state index contributed by atoms with van der Waals surface area (Å²) in [6, 6.07) is 1.52. The van der Waals surface area contributed by atoms with Crippen LogP contribution >= 0.6 is 0 Å².